The van der Waals surface area contributed by atoms with Gasteiger partial charge >= 0.3 is 5.97 Å². The maximum atomic E-state index is 12.6. The van der Waals surface area contributed by atoms with Crippen LogP contribution in [-0.4, -0.2) is 44.8 Å². The van der Waals surface area contributed by atoms with E-state index in [0.717, 1.165) is 15.6 Å². The Morgan fingerprint density at radius 3 is 2.36 bits per heavy atom. The summed E-state index contributed by atoms with van der Waals surface area (Å²) < 4.78 is 22.0. The molecule has 0 saturated heterocycles. The summed E-state index contributed by atoms with van der Waals surface area (Å²) in [7, 11) is 4.46. The molecule has 0 fully saturated rings. The molecule has 0 aliphatic rings. The Labute approximate surface area is 200 Å². The van der Waals surface area contributed by atoms with Gasteiger partial charge < -0.3 is 24.3 Å². The number of methoxy groups -OCH3 is 3. The molecule has 3 rings (SSSR count). The van der Waals surface area contributed by atoms with Crippen molar-refractivity contribution in [3.63, 3.8) is 0 Å². The second-order valence-electron chi connectivity index (χ2n) is 6.74. The molecule has 0 saturated carbocycles. The monoisotopic (exact) mass is 488 g/mol. The van der Waals surface area contributed by atoms with Crippen LogP contribution in [0.3, 0.4) is 0 Å². The summed E-state index contributed by atoms with van der Waals surface area (Å²) in [5.41, 5.74) is 2.61. The molecule has 1 heterocycles. The number of anilines is 1. The van der Waals surface area contributed by atoms with Crippen LogP contribution in [0, 0.1) is 6.92 Å². The number of hydrogen-bond acceptors (Lipinski definition) is 9. The largest absolute Gasteiger partial charge is 0.493 e. The van der Waals surface area contributed by atoms with Gasteiger partial charge in [-0.15, -0.1) is 11.3 Å². The number of carbonyl (C=O) groups is 2. The fourth-order valence-corrected chi connectivity index (χ4v) is 4.80. The molecule has 10 heteroatoms. The molecule has 0 spiro atoms. The van der Waals surface area contributed by atoms with Crippen molar-refractivity contribution in [2.75, 3.05) is 33.3 Å². The fourth-order valence-electron chi connectivity index (χ4n) is 2.94. The molecular weight excluding hydrogens is 464 g/mol. The number of benzene rings is 2. The fraction of sp³-hybridized carbons (Fsp3) is 0.261. The third-order valence-corrected chi connectivity index (χ3v) is 6.66. The second kappa shape index (κ2) is 11.6. The van der Waals surface area contributed by atoms with E-state index in [1.165, 1.54) is 21.3 Å². The van der Waals surface area contributed by atoms with Crippen molar-refractivity contribution in [3.8, 4) is 17.2 Å². The smallest absolute Gasteiger partial charge is 0.338 e. The van der Waals surface area contributed by atoms with E-state index in [9.17, 15) is 9.59 Å². The van der Waals surface area contributed by atoms with Crippen molar-refractivity contribution >= 4 is 40.7 Å². The van der Waals surface area contributed by atoms with Crippen LogP contribution in [0.25, 0.3) is 0 Å². The van der Waals surface area contributed by atoms with E-state index in [1.54, 1.807) is 47.4 Å². The molecule has 33 heavy (non-hydrogen) atoms. The van der Waals surface area contributed by atoms with E-state index < -0.39 is 18.5 Å². The second-order valence-corrected chi connectivity index (χ2v) is 8.82. The molecule has 0 radical (unpaired) electrons. The van der Waals surface area contributed by atoms with E-state index in [1.807, 2.05) is 24.4 Å². The SMILES string of the molecule is COc1cc(NC(=O)COC(=O)c2ccccc2CSc2nc(C)cs2)cc(OC)c1OC. The van der Waals surface area contributed by atoms with Crippen molar-refractivity contribution < 1.29 is 28.5 Å². The van der Waals surface area contributed by atoms with Gasteiger partial charge in [-0.25, -0.2) is 9.78 Å². The van der Waals surface area contributed by atoms with Gasteiger partial charge in [0.1, 0.15) is 4.34 Å². The van der Waals surface area contributed by atoms with Crippen molar-refractivity contribution in [3.05, 3.63) is 58.6 Å². The Morgan fingerprint density at radius 2 is 1.76 bits per heavy atom. The van der Waals surface area contributed by atoms with Crippen molar-refractivity contribution in [2.24, 2.45) is 0 Å². The number of nitrogens with zero attached hydrogens (tertiary/aromatic N) is 1. The van der Waals surface area contributed by atoms with Crippen LogP contribution in [0.4, 0.5) is 5.69 Å². The highest BCUT2D eigenvalue weighted by molar-refractivity contribution is 8.00. The molecule has 174 valence electrons. The van der Waals surface area contributed by atoms with Crippen molar-refractivity contribution in [1.29, 1.82) is 0 Å². The first-order chi connectivity index (χ1) is 15.9. The number of thioether (sulfide) groups is 1. The number of esters is 1. The lowest BCUT2D eigenvalue weighted by atomic mass is 10.1. The highest BCUT2D eigenvalue weighted by atomic mass is 32.2. The van der Waals surface area contributed by atoms with Crippen LogP contribution in [0.2, 0.25) is 0 Å². The van der Waals surface area contributed by atoms with Crippen LogP contribution in [0.15, 0.2) is 46.1 Å². The van der Waals surface area contributed by atoms with E-state index in [4.69, 9.17) is 18.9 Å². The van der Waals surface area contributed by atoms with Gasteiger partial charge in [0.15, 0.2) is 18.1 Å². The Kier molecular flexibility index (Phi) is 8.56. The average molecular weight is 489 g/mol. The van der Waals surface area contributed by atoms with Crippen molar-refractivity contribution in [1.82, 2.24) is 4.98 Å². The van der Waals surface area contributed by atoms with E-state index in [2.05, 4.69) is 10.3 Å². The minimum Gasteiger partial charge on any atom is -0.493 e. The molecule has 1 N–H and O–H groups in total. The standard InChI is InChI=1S/C23H24N2O6S2/c1-14-12-32-23(24-14)33-13-15-7-5-6-8-17(15)22(27)31-11-20(26)25-16-9-18(28-2)21(30-4)19(10-16)29-3/h5-10,12H,11,13H2,1-4H3,(H,25,26). The first-order valence-electron chi connectivity index (χ1n) is 9.85. The van der Waals surface area contributed by atoms with E-state index >= 15 is 0 Å². The van der Waals surface area contributed by atoms with Gasteiger partial charge in [-0.1, -0.05) is 30.0 Å². The quantitative estimate of drug-likeness (QED) is 0.328. The van der Waals surface area contributed by atoms with Crippen LogP contribution in [0.1, 0.15) is 21.6 Å². The molecular formula is C23H24N2O6S2. The number of nitrogens with one attached hydrogen (secondary N) is 1. The Balaban J connectivity index is 1.61. The maximum Gasteiger partial charge on any atom is 0.338 e. The molecule has 3 aromatic rings. The average Bonchev–Trinajstić information content (AvgIpc) is 3.25. The number of aromatic nitrogens is 1. The van der Waals surface area contributed by atoms with Gasteiger partial charge in [0.2, 0.25) is 5.75 Å². The van der Waals surface area contributed by atoms with Gasteiger partial charge in [-0.3, -0.25) is 4.79 Å². The first-order valence-corrected chi connectivity index (χ1v) is 11.7. The minimum absolute atomic E-state index is 0.394. The predicted octanol–water partition coefficient (Wildman–Crippen LogP) is 4.57. The Morgan fingerprint density at radius 1 is 1.06 bits per heavy atom. The topological polar surface area (TPSA) is 96.0 Å². The third kappa shape index (κ3) is 6.39. The summed E-state index contributed by atoms with van der Waals surface area (Å²) in [6.07, 6.45) is 0. The molecule has 0 unspecified atom stereocenters. The van der Waals surface area contributed by atoms with Gasteiger partial charge in [0, 0.05) is 34.6 Å². The molecule has 2 aromatic carbocycles. The lowest BCUT2D eigenvalue weighted by Crippen LogP contribution is -2.21. The van der Waals surface area contributed by atoms with E-state index in [-0.39, 0.29) is 0 Å². The van der Waals surface area contributed by atoms with Gasteiger partial charge in [-0.05, 0) is 18.6 Å². The molecule has 0 atom stereocenters. The summed E-state index contributed by atoms with van der Waals surface area (Å²) in [5.74, 6) is 0.698. The molecule has 8 nitrogen and oxygen atoms in total. The summed E-state index contributed by atoms with van der Waals surface area (Å²) in [6.45, 7) is 1.50. The summed E-state index contributed by atoms with van der Waals surface area (Å²) in [4.78, 5) is 29.5. The van der Waals surface area contributed by atoms with Crippen molar-refractivity contribution in [2.45, 2.75) is 17.0 Å². The number of carbonyl (C=O) groups excluding carboxylic acids is 2. The highest BCUT2D eigenvalue weighted by Gasteiger charge is 2.17. The predicted molar refractivity (Wildman–Crippen MR) is 128 cm³/mol. The zero-order valence-corrected chi connectivity index (χ0v) is 20.3. The zero-order chi connectivity index (χ0) is 23.8. The highest BCUT2D eigenvalue weighted by Crippen LogP contribution is 2.39. The molecule has 1 amide bonds. The number of hydrogen-bond donors (Lipinski definition) is 1. The molecule has 0 aliphatic carbocycles. The van der Waals surface area contributed by atoms with Crippen LogP contribution < -0.4 is 19.5 Å². The summed E-state index contributed by atoms with van der Waals surface area (Å²) >= 11 is 3.11. The molecule has 0 aliphatic heterocycles. The lowest BCUT2D eigenvalue weighted by Gasteiger charge is -2.14. The molecule has 0 bridgehead atoms. The number of amides is 1. The zero-order valence-electron chi connectivity index (χ0n) is 18.7. The number of rotatable bonds is 10. The molecule has 1 aromatic heterocycles. The number of ether oxygens (including phenoxy) is 4. The van der Waals surface area contributed by atoms with Gasteiger partial charge in [-0.2, -0.15) is 0 Å². The van der Waals surface area contributed by atoms with Gasteiger partial charge in [0.05, 0.1) is 26.9 Å². The third-order valence-electron chi connectivity index (χ3n) is 4.47. The summed E-state index contributed by atoms with van der Waals surface area (Å²) in [5, 5.41) is 4.65. The minimum atomic E-state index is -0.568. The van der Waals surface area contributed by atoms with Crippen LogP contribution >= 0.6 is 23.1 Å². The number of aryl methyl sites for hydroxylation is 1. The van der Waals surface area contributed by atoms with Gasteiger partial charge in [0.25, 0.3) is 5.91 Å². The first kappa shape index (κ1) is 24.4. The van der Waals surface area contributed by atoms with E-state index in [0.29, 0.717) is 34.3 Å². The number of thiazole rings is 1. The Bertz CT molecular complexity index is 1110. The van der Waals surface area contributed by atoms with Crippen LogP contribution in [0.5, 0.6) is 17.2 Å². The lowest BCUT2D eigenvalue weighted by molar-refractivity contribution is -0.119. The normalized spacial score (nSPS) is 10.4. The summed E-state index contributed by atoms with van der Waals surface area (Å²) in [6, 6.07) is 10.3. The van der Waals surface area contributed by atoms with Crippen LogP contribution in [-0.2, 0) is 15.3 Å². The Hall–Kier alpha value is -3.24. The maximum absolute atomic E-state index is 12.6.